The molecule has 1 aromatic heterocycles. The zero-order valence-corrected chi connectivity index (χ0v) is 8.11. The molecule has 0 spiro atoms. The third-order valence-corrected chi connectivity index (χ3v) is 1.82. The molecule has 0 radical (unpaired) electrons. The zero-order chi connectivity index (χ0) is 11.3. The maximum absolute atomic E-state index is 11.9. The smallest absolute Gasteiger partial charge is 0.265 e. The fourth-order valence-electron chi connectivity index (χ4n) is 1.02. The zero-order valence-electron chi connectivity index (χ0n) is 8.11. The summed E-state index contributed by atoms with van der Waals surface area (Å²) in [5.41, 5.74) is 0.844. The maximum atomic E-state index is 11.9. The molecular formula is C9H13F2N3O. The van der Waals surface area contributed by atoms with Crippen LogP contribution in [0.25, 0.3) is 6.20 Å². The second-order valence-electron chi connectivity index (χ2n) is 3.04. The van der Waals surface area contributed by atoms with E-state index in [-0.39, 0.29) is 6.54 Å². The Balaban J connectivity index is 2.28. The Kier molecular flexibility index (Phi) is 4.38. The first-order valence-electron chi connectivity index (χ1n) is 4.46. The van der Waals surface area contributed by atoms with Gasteiger partial charge in [0.05, 0.1) is 6.20 Å². The van der Waals surface area contributed by atoms with Crippen molar-refractivity contribution >= 4 is 6.20 Å². The lowest BCUT2D eigenvalue weighted by atomic mass is 10.3. The number of rotatable bonds is 6. The van der Waals surface area contributed by atoms with Gasteiger partial charge < -0.3 is 10.4 Å². The largest absolute Gasteiger partial charge is 0.386 e. The second kappa shape index (κ2) is 5.57. The molecule has 1 unspecified atom stereocenters. The summed E-state index contributed by atoms with van der Waals surface area (Å²) >= 11 is 0. The molecule has 84 valence electrons. The molecule has 0 aromatic carbocycles. The molecule has 0 saturated heterocycles. The van der Waals surface area contributed by atoms with Gasteiger partial charge in [0.2, 0.25) is 0 Å². The average Bonchev–Trinajstić information content (AvgIpc) is 2.65. The molecule has 6 heteroatoms. The molecule has 15 heavy (non-hydrogen) atoms. The van der Waals surface area contributed by atoms with E-state index in [0.29, 0.717) is 6.54 Å². The highest BCUT2D eigenvalue weighted by Crippen LogP contribution is 2.00. The molecule has 2 N–H and O–H groups in total. The van der Waals surface area contributed by atoms with Crippen molar-refractivity contribution in [2.24, 2.45) is 0 Å². The standard InChI is InChI=1S/C9H13F2N3O/c1-2-14-6-7(4-13-14)3-12-5-8(15)9(10)11/h2,4,6,8-9,12,15H,1,3,5H2. The molecule has 0 aliphatic rings. The Morgan fingerprint density at radius 3 is 2.93 bits per heavy atom. The van der Waals surface area contributed by atoms with Crippen LogP contribution in [0.2, 0.25) is 0 Å². The minimum absolute atomic E-state index is 0.142. The van der Waals surface area contributed by atoms with Gasteiger partial charge in [-0.25, -0.2) is 13.5 Å². The summed E-state index contributed by atoms with van der Waals surface area (Å²) in [5.74, 6) is 0. The van der Waals surface area contributed by atoms with Crippen LogP contribution in [0.3, 0.4) is 0 Å². The van der Waals surface area contributed by atoms with Crippen LogP contribution in [-0.4, -0.2) is 34.0 Å². The Labute approximate surface area is 86.2 Å². The molecule has 1 aromatic rings. The number of hydrogen-bond acceptors (Lipinski definition) is 3. The summed E-state index contributed by atoms with van der Waals surface area (Å²) in [5, 5.41) is 15.4. The Morgan fingerprint density at radius 2 is 2.40 bits per heavy atom. The third-order valence-electron chi connectivity index (χ3n) is 1.82. The summed E-state index contributed by atoms with van der Waals surface area (Å²) in [7, 11) is 0. The number of nitrogens with one attached hydrogen (secondary N) is 1. The molecular weight excluding hydrogens is 204 g/mol. The van der Waals surface area contributed by atoms with Crippen molar-refractivity contribution in [2.75, 3.05) is 6.54 Å². The van der Waals surface area contributed by atoms with E-state index in [1.165, 1.54) is 10.9 Å². The van der Waals surface area contributed by atoms with Crippen molar-refractivity contribution in [1.82, 2.24) is 15.1 Å². The van der Waals surface area contributed by atoms with Crippen LogP contribution in [0, 0.1) is 0 Å². The van der Waals surface area contributed by atoms with Crippen molar-refractivity contribution in [3.8, 4) is 0 Å². The number of aromatic nitrogens is 2. The predicted octanol–water partition coefficient (Wildman–Crippen LogP) is 0.699. The monoisotopic (exact) mass is 217 g/mol. The number of aliphatic hydroxyl groups excluding tert-OH is 1. The molecule has 1 rings (SSSR count). The highest BCUT2D eigenvalue weighted by atomic mass is 19.3. The SMILES string of the molecule is C=Cn1cc(CNCC(O)C(F)F)cn1. The van der Waals surface area contributed by atoms with Gasteiger partial charge in [-0.15, -0.1) is 0 Å². The van der Waals surface area contributed by atoms with Gasteiger partial charge in [-0.05, 0) is 0 Å². The molecule has 4 nitrogen and oxygen atoms in total. The summed E-state index contributed by atoms with van der Waals surface area (Å²) in [6.07, 6.45) is 0.503. The first-order chi connectivity index (χ1) is 7.13. The number of nitrogens with zero attached hydrogens (tertiary/aromatic N) is 2. The van der Waals surface area contributed by atoms with Crippen molar-refractivity contribution in [2.45, 2.75) is 19.1 Å². The van der Waals surface area contributed by atoms with Gasteiger partial charge >= 0.3 is 0 Å². The molecule has 1 heterocycles. The van der Waals surface area contributed by atoms with Crippen molar-refractivity contribution in [1.29, 1.82) is 0 Å². The van der Waals surface area contributed by atoms with Gasteiger partial charge in [-0.3, -0.25) is 0 Å². The minimum atomic E-state index is -2.71. The lowest BCUT2D eigenvalue weighted by Crippen LogP contribution is -2.31. The second-order valence-corrected chi connectivity index (χ2v) is 3.04. The lowest BCUT2D eigenvalue weighted by Gasteiger charge is -2.09. The number of aliphatic hydroxyl groups is 1. The van der Waals surface area contributed by atoms with Crippen LogP contribution in [-0.2, 0) is 6.54 Å². The lowest BCUT2D eigenvalue weighted by molar-refractivity contribution is -0.00340. The Bertz CT molecular complexity index is 314. The maximum Gasteiger partial charge on any atom is 0.265 e. The highest BCUT2D eigenvalue weighted by Gasteiger charge is 2.15. The van der Waals surface area contributed by atoms with Crippen LogP contribution in [0.1, 0.15) is 5.56 Å². The summed E-state index contributed by atoms with van der Waals surface area (Å²) in [4.78, 5) is 0. The summed E-state index contributed by atoms with van der Waals surface area (Å²) in [6, 6.07) is 0. The molecule has 1 atom stereocenters. The number of hydrogen-bond donors (Lipinski definition) is 2. The van der Waals surface area contributed by atoms with Gasteiger partial charge in [0.15, 0.2) is 0 Å². The first kappa shape index (κ1) is 11.8. The van der Waals surface area contributed by atoms with Crippen LogP contribution in [0.15, 0.2) is 19.0 Å². The quantitative estimate of drug-likeness (QED) is 0.737. The molecule has 0 aliphatic heterocycles. The van der Waals surface area contributed by atoms with Crippen LogP contribution in [0.5, 0.6) is 0 Å². The van der Waals surface area contributed by atoms with Crippen molar-refractivity contribution in [3.05, 3.63) is 24.5 Å². The van der Waals surface area contributed by atoms with E-state index in [4.69, 9.17) is 5.11 Å². The van der Waals surface area contributed by atoms with Gasteiger partial charge in [0.1, 0.15) is 6.10 Å². The van der Waals surface area contributed by atoms with Crippen LogP contribution < -0.4 is 5.32 Å². The van der Waals surface area contributed by atoms with Gasteiger partial charge in [0.25, 0.3) is 6.43 Å². The van der Waals surface area contributed by atoms with E-state index >= 15 is 0 Å². The van der Waals surface area contributed by atoms with Gasteiger partial charge in [0, 0.05) is 31.0 Å². The molecule has 0 aliphatic carbocycles. The normalized spacial score (nSPS) is 13.1. The third kappa shape index (κ3) is 3.77. The first-order valence-corrected chi connectivity index (χ1v) is 4.46. The minimum Gasteiger partial charge on any atom is -0.386 e. The van der Waals surface area contributed by atoms with E-state index in [1.807, 2.05) is 0 Å². The van der Waals surface area contributed by atoms with Crippen molar-refractivity contribution in [3.63, 3.8) is 0 Å². The van der Waals surface area contributed by atoms with Crippen LogP contribution in [0.4, 0.5) is 8.78 Å². The fourth-order valence-corrected chi connectivity index (χ4v) is 1.02. The van der Waals surface area contributed by atoms with Crippen LogP contribution >= 0.6 is 0 Å². The summed E-state index contributed by atoms with van der Waals surface area (Å²) in [6.45, 7) is 3.76. The predicted molar refractivity (Wildman–Crippen MR) is 52.3 cm³/mol. The highest BCUT2D eigenvalue weighted by molar-refractivity contribution is 5.17. The molecule has 0 saturated carbocycles. The molecule has 0 amide bonds. The Hall–Kier alpha value is -1.27. The van der Waals surface area contributed by atoms with Gasteiger partial charge in [-0.2, -0.15) is 5.10 Å². The number of halogens is 2. The number of alkyl halides is 2. The van der Waals surface area contributed by atoms with E-state index in [2.05, 4.69) is 17.0 Å². The van der Waals surface area contributed by atoms with E-state index in [9.17, 15) is 8.78 Å². The van der Waals surface area contributed by atoms with E-state index in [0.717, 1.165) is 5.56 Å². The van der Waals surface area contributed by atoms with Gasteiger partial charge in [-0.1, -0.05) is 6.58 Å². The fraction of sp³-hybridized carbons (Fsp3) is 0.444. The Morgan fingerprint density at radius 1 is 1.67 bits per heavy atom. The topological polar surface area (TPSA) is 50.1 Å². The molecule has 0 fully saturated rings. The van der Waals surface area contributed by atoms with E-state index in [1.54, 1.807) is 12.4 Å². The molecule has 0 bridgehead atoms. The van der Waals surface area contributed by atoms with Crippen molar-refractivity contribution < 1.29 is 13.9 Å². The average molecular weight is 217 g/mol. The summed E-state index contributed by atoms with van der Waals surface area (Å²) < 4.78 is 25.3. The van der Waals surface area contributed by atoms with E-state index < -0.39 is 12.5 Å².